The molecular formula is C13H9FN2. The van der Waals surface area contributed by atoms with Crippen LogP contribution < -0.4 is 5.73 Å². The predicted octanol–water partition coefficient (Wildman–Crippen LogP) is 2.95. The number of benzene rings is 2. The van der Waals surface area contributed by atoms with Crippen LogP contribution >= 0.6 is 0 Å². The van der Waals surface area contributed by atoms with Gasteiger partial charge in [0.25, 0.3) is 0 Å². The normalized spacial score (nSPS) is 9.75. The highest BCUT2D eigenvalue weighted by atomic mass is 19.1. The molecule has 3 heteroatoms. The summed E-state index contributed by atoms with van der Waals surface area (Å²) in [4.78, 5) is 0. The Labute approximate surface area is 92.8 Å². The Kier molecular flexibility index (Phi) is 2.57. The van der Waals surface area contributed by atoms with Crippen molar-refractivity contribution < 1.29 is 4.39 Å². The summed E-state index contributed by atoms with van der Waals surface area (Å²) in [6.07, 6.45) is 0. The van der Waals surface area contributed by atoms with Crippen molar-refractivity contribution in [3.05, 3.63) is 53.8 Å². The van der Waals surface area contributed by atoms with Crippen LogP contribution in [0.2, 0.25) is 0 Å². The number of rotatable bonds is 1. The number of halogens is 1. The zero-order valence-electron chi connectivity index (χ0n) is 8.44. The van der Waals surface area contributed by atoms with Gasteiger partial charge in [0.1, 0.15) is 11.6 Å². The van der Waals surface area contributed by atoms with Crippen molar-refractivity contribution in [2.24, 2.45) is 0 Å². The second-order valence-electron chi connectivity index (χ2n) is 3.37. The minimum atomic E-state index is -0.561. The standard InChI is InChI=1S/C13H9FN2/c14-13-10(9-4-2-1-3-5-9)6-7-12(16)11(13)8-15/h1-7H,16H2. The lowest BCUT2D eigenvalue weighted by Crippen LogP contribution is -1.96. The molecule has 0 spiro atoms. The molecule has 0 aromatic heterocycles. The number of nitriles is 1. The quantitative estimate of drug-likeness (QED) is 0.739. The third-order valence-corrected chi connectivity index (χ3v) is 2.37. The fourth-order valence-corrected chi connectivity index (χ4v) is 1.55. The summed E-state index contributed by atoms with van der Waals surface area (Å²) in [5.41, 5.74) is 6.71. The Morgan fingerprint density at radius 1 is 1.06 bits per heavy atom. The van der Waals surface area contributed by atoms with Crippen LogP contribution in [-0.2, 0) is 0 Å². The average Bonchev–Trinajstić information content (AvgIpc) is 2.31. The first kappa shape index (κ1) is 10.2. The summed E-state index contributed by atoms with van der Waals surface area (Å²) in [6, 6.07) is 14.0. The van der Waals surface area contributed by atoms with Gasteiger partial charge in [-0.05, 0) is 17.7 Å². The van der Waals surface area contributed by atoms with E-state index in [0.29, 0.717) is 5.56 Å². The topological polar surface area (TPSA) is 49.8 Å². The summed E-state index contributed by atoms with van der Waals surface area (Å²) in [6.45, 7) is 0. The third-order valence-electron chi connectivity index (χ3n) is 2.37. The molecule has 0 aliphatic heterocycles. The first-order chi connectivity index (χ1) is 7.74. The van der Waals surface area contributed by atoms with E-state index in [9.17, 15) is 4.39 Å². The molecule has 0 fully saturated rings. The van der Waals surface area contributed by atoms with Crippen molar-refractivity contribution in [2.45, 2.75) is 0 Å². The van der Waals surface area contributed by atoms with E-state index in [0.717, 1.165) is 5.56 Å². The van der Waals surface area contributed by atoms with Crippen LogP contribution in [0.5, 0.6) is 0 Å². The SMILES string of the molecule is N#Cc1c(N)ccc(-c2ccccc2)c1F. The van der Waals surface area contributed by atoms with Gasteiger partial charge in [-0.3, -0.25) is 0 Å². The second-order valence-corrected chi connectivity index (χ2v) is 3.37. The maximum absolute atomic E-state index is 13.9. The molecule has 0 amide bonds. The van der Waals surface area contributed by atoms with Crippen LogP contribution in [0, 0.1) is 17.1 Å². The summed E-state index contributed by atoms with van der Waals surface area (Å²) in [7, 11) is 0. The van der Waals surface area contributed by atoms with Crippen molar-refractivity contribution in [2.75, 3.05) is 5.73 Å². The van der Waals surface area contributed by atoms with Gasteiger partial charge in [0.2, 0.25) is 0 Å². The van der Waals surface area contributed by atoms with E-state index < -0.39 is 5.82 Å². The second kappa shape index (κ2) is 4.03. The van der Waals surface area contributed by atoms with Crippen LogP contribution in [0.15, 0.2) is 42.5 Å². The number of hydrogen-bond acceptors (Lipinski definition) is 2. The van der Waals surface area contributed by atoms with E-state index in [1.807, 2.05) is 18.2 Å². The molecule has 0 bridgehead atoms. The zero-order chi connectivity index (χ0) is 11.5. The molecule has 2 nitrogen and oxygen atoms in total. The van der Waals surface area contributed by atoms with E-state index in [1.165, 1.54) is 0 Å². The highest BCUT2D eigenvalue weighted by Gasteiger charge is 2.12. The van der Waals surface area contributed by atoms with E-state index in [-0.39, 0.29) is 11.3 Å². The summed E-state index contributed by atoms with van der Waals surface area (Å²) < 4.78 is 13.9. The lowest BCUT2D eigenvalue weighted by Gasteiger charge is -2.06. The molecule has 2 N–H and O–H groups in total. The number of nitrogen functional groups attached to an aromatic ring is 1. The summed E-state index contributed by atoms with van der Waals surface area (Å²) in [5.74, 6) is -0.561. The molecule has 0 aliphatic rings. The highest BCUT2D eigenvalue weighted by molar-refractivity contribution is 5.70. The molecule has 0 heterocycles. The van der Waals surface area contributed by atoms with Crippen LogP contribution in [0.3, 0.4) is 0 Å². The summed E-state index contributed by atoms with van der Waals surface area (Å²) in [5, 5.41) is 8.80. The van der Waals surface area contributed by atoms with E-state index in [1.54, 1.807) is 30.3 Å². The summed E-state index contributed by atoms with van der Waals surface area (Å²) >= 11 is 0. The first-order valence-electron chi connectivity index (χ1n) is 4.77. The van der Waals surface area contributed by atoms with E-state index in [2.05, 4.69) is 0 Å². The Bertz CT molecular complexity index is 556. The van der Waals surface area contributed by atoms with Crippen molar-refractivity contribution in [3.63, 3.8) is 0 Å². The molecule has 0 aliphatic carbocycles. The minimum Gasteiger partial charge on any atom is -0.398 e. The Hall–Kier alpha value is -2.34. The Morgan fingerprint density at radius 2 is 1.75 bits per heavy atom. The smallest absolute Gasteiger partial charge is 0.150 e. The van der Waals surface area contributed by atoms with Crippen LogP contribution in [0.1, 0.15) is 5.56 Å². The first-order valence-corrected chi connectivity index (χ1v) is 4.77. The molecule has 16 heavy (non-hydrogen) atoms. The van der Waals surface area contributed by atoms with Crippen molar-refractivity contribution in [3.8, 4) is 17.2 Å². The number of nitrogens with zero attached hydrogens (tertiary/aromatic N) is 1. The molecular weight excluding hydrogens is 203 g/mol. The number of nitrogens with two attached hydrogens (primary N) is 1. The van der Waals surface area contributed by atoms with Gasteiger partial charge in [0.05, 0.1) is 5.69 Å². The fourth-order valence-electron chi connectivity index (χ4n) is 1.55. The maximum Gasteiger partial charge on any atom is 0.150 e. The lowest BCUT2D eigenvalue weighted by atomic mass is 10.0. The molecule has 0 saturated carbocycles. The maximum atomic E-state index is 13.9. The van der Waals surface area contributed by atoms with E-state index >= 15 is 0 Å². The van der Waals surface area contributed by atoms with Gasteiger partial charge in [-0.15, -0.1) is 0 Å². The minimum absolute atomic E-state index is 0.0960. The molecule has 2 aromatic rings. The van der Waals surface area contributed by atoms with Gasteiger partial charge in [-0.1, -0.05) is 30.3 Å². The van der Waals surface area contributed by atoms with Crippen LogP contribution in [0.25, 0.3) is 11.1 Å². The molecule has 2 aromatic carbocycles. The van der Waals surface area contributed by atoms with Crippen LogP contribution in [-0.4, -0.2) is 0 Å². The average molecular weight is 212 g/mol. The van der Waals surface area contributed by atoms with Crippen molar-refractivity contribution in [1.29, 1.82) is 5.26 Å². The van der Waals surface area contributed by atoms with Gasteiger partial charge in [-0.25, -0.2) is 4.39 Å². The monoisotopic (exact) mass is 212 g/mol. The fraction of sp³-hybridized carbons (Fsp3) is 0. The van der Waals surface area contributed by atoms with E-state index in [4.69, 9.17) is 11.0 Å². The Morgan fingerprint density at radius 3 is 2.38 bits per heavy atom. The molecule has 78 valence electrons. The molecule has 0 unspecified atom stereocenters. The van der Waals surface area contributed by atoms with Crippen molar-refractivity contribution >= 4 is 5.69 Å². The largest absolute Gasteiger partial charge is 0.398 e. The molecule has 0 radical (unpaired) electrons. The van der Waals surface area contributed by atoms with Crippen LogP contribution in [0.4, 0.5) is 10.1 Å². The van der Waals surface area contributed by atoms with Gasteiger partial charge < -0.3 is 5.73 Å². The Balaban J connectivity index is 2.65. The van der Waals surface area contributed by atoms with Gasteiger partial charge in [0.15, 0.2) is 5.82 Å². The lowest BCUT2D eigenvalue weighted by molar-refractivity contribution is 0.628. The molecule has 2 rings (SSSR count). The predicted molar refractivity (Wildman–Crippen MR) is 61.0 cm³/mol. The highest BCUT2D eigenvalue weighted by Crippen LogP contribution is 2.27. The number of hydrogen-bond donors (Lipinski definition) is 1. The van der Waals surface area contributed by atoms with Gasteiger partial charge in [0, 0.05) is 5.56 Å². The molecule has 0 atom stereocenters. The third kappa shape index (κ3) is 1.61. The number of anilines is 1. The van der Waals surface area contributed by atoms with Gasteiger partial charge >= 0.3 is 0 Å². The zero-order valence-corrected chi connectivity index (χ0v) is 8.44. The van der Waals surface area contributed by atoms with Gasteiger partial charge in [-0.2, -0.15) is 5.26 Å². The molecule has 0 saturated heterocycles. The van der Waals surface area contributed by atoms with Crippen molar-refractivity contribution in [1.82, 2.24) is 0 Å².